The number of methoxy groups -OCH3 is 1. The van der Waals surface area contributed by atoms with Gasteiger partial charge in [-0.2, -0.15) is 4.72 Å². The summed E-state index contributed by atoms with van der Waals surface area (Å²) in [5, 5.41) is -0.876. The van der Waals surface area contributed by atoms with Crippen molar-refractivity contribution in [1.29, 1.82) is 0 Å². The minimum Gasteiger partial charge on any atom is -0.469 e. The highest BCUT2D eigenvalue weighted by Gasteiger charge is 2.44. The molecular weight excluding hydrogens is 272 g/mol. The lowest BCUT2D eigenvalue weighted by molar-refractivity contribution is -0.145. The zero-order valence-electron chi connectivity index (χ0n) is 11.3. The van der Waals surface area contributed by atoms with Crippen LogP contribution in [-0.2, 0) is 24.3 Å². The van der Waals surface area contributed by atoms with Crippen LogP contribution in [-0.4, -0.2) is 38.2 Å². The van der Waals surface area contributed by atoms with Crippen LogP contribution in [0.5, 0.6) is 0 Å². The number of nitrogens with one attached hydrogen (secondary N) is 1. The zero-order chi connectivity index (χ0) is 14.8. The number of carbonyl (C=O) groups excluding carboxylic acids is 2. The van der Waals surface area contributed by atoms with E-state index in [0.717, 1.165) is 0 Å². The number of ether oxygens (including phenoxy) is 1. The maximum absolute atomic E-state index is 12.3. The van der Waals surface area contributed by atoms with Gasteiger partial charge in [-0.3, -0.25) is 9.59 Å². The van der Waals surface area contributed by atoms with E-state index in [2.05, 4.69) is 9.46 Å². The number of amides is 1. The smallest absolute Gasteiger partial charge is 0.310 e. The third-order valence-corrected chi connectivity index (χ3v) is 5.52. The second-order valence-corrected chi connectivity index (χ2v) is 7.13. The second-order valence-electron chi connectivity index (χ2n) is 5.24. The fourth-order valence-corrected chi connectivity index (χ4v) is 4.32. The van der Waals surface area contributed by atoms with Crippen LogP contribution in [0, 0.1) is 5.92 Å². The van der Waals surface area contributed by atoms with Crippen LogP contribution in [0.2, 0.25) is 0 Å². The Morgan fingerprint density at radius 1 is 1.32 bits per heavy atom. The molecule has 0 aromatic heterocycles. The van der Waals surface area contributed by atoms with E-state index in [4.69, 9.17) is 5.73 Å². The molecule has 2 unspecified atom stereocenters. The summed E-state index contributed by atoms with van der Waals surface area (Å²) in [6, 6.07) is 0. The molecule has 0 aromatic carbocycles. The van der Waals surface area contributed by atoms with Gasteiger partial charge in [0.25, 0.3) is 0 Å². The summed E-state index contributed by atoms with van der Waals surface area (Å²) in [4.78, 5) is 22.8. The van der Waals surface area contributed by atoms with Crippen LogP contribution in [0.25, 0.3) is 0 Å². The summed E-state index contributed by atoms with van der Waals surface area (Å²) in [6.07, 6.45) is 1.46. The molecule has 1 aliphatic carbocycles. The molecule has 1 fully saturated rings. The largest absolute Gasteiger partial charge is 0.469 e. The topological polar surface area (TPSA) is 116 Å². The number of esters is 1. The van der Waals surface area contributed by atoms with Crippen molar-refractivity contribution in [3.8, 4) is 0 Å². The van der Waals surface area contributed by atoms with Crippen LogP contribution >= 0.6 is 0 Å². The molecule has 0 heterocycles. The van der Waals surface area contributed by atoms with E-state index in [1.54, 1.807) is 0 Å². The molecule has 0 bridgehead atoms. The lowest BCUT2D eigenvalue weighted by Crippen LogP contribution is -2.55. The van der Waals surface area contributed by atoms with Crippen molar-refractivity contribution in [2.45, 2.75) is 43.9 Å². The predicted molar refractivity (Wildman–Crippen MR) is 68.5 cm³/mol. The van der Waals surface area contributed by atoms with Gasteiger partial charge in [0.05, 0.1) is 18.3 Å². The van der Waals surface area contributed by atoms with Crippen LogP contribution < -0.4 is 10.5 Å². The standard InChI is InChI=1S/C11H20N2O5S/c1-11(2,10(12)15)13-19(16,17)8-6-4-5-7(8)9(14)18-3/h7-8,13H,4-6H2,1-3H3,(H2,12,15). The number of primary amides is 1. The van der Waals surface area contributed by atoms with Gasteiger partial charge < -0.3 is 10.5 Å². The van der Waals surface area contributed by atoms with Crippen molar-refractivity contribution in [2.24, 2.45) is 11.7 Å². The molecule has 0 spiro atoms. The first-order valence-corrected chi connectivity index (χ1v) is 7.57. The van der Waals surface area contributed by atoms with E-state index in [1.807, 2.05) is 0 Å². The Balaban J connectivity index is 2.94. The van der Waals surface area contributed by atoms with Gasteiger partial charge in [0.15, 0.2) is 0 Å². The number of sulfonamides is 1. The Hall–Kier alpha value is -1.15. The summed E-state index contributed by atoms with van der Waals surface area (Å²) in [6.45, 7) is 2.77. The van der Waals surface area contributed by atoms with Crippen LogP contribution in [0.1, 0.15) is 33.1 Å². The Morgan fingerprint density at radius 2 is 1.89 bits per heavy atom. The highest BCUT2D eigenvalue weighted by Crippen LogP contribution is 2.32. The number of rotatable bonds is 5. The molecule has 1 rings (SSSR count). The maximum Gasteiger partial charge on any atom is 0.310 e. The van der Waals surface area contributed by atoms with E-state index in [-0.39, 0.29) is 0 Å². The molecule has 110 valence electrons. The first kappa shape index (κ1) is 15.9. The molecule has 0 saturated heterocycles. The quantitative estimate of drug-likeness (QED) is 0.663. The maximum atomic E-state index is 12.3. The van der Waals surface area contributed by atoms with Crippen LogP contribution in [0.15, 0.2) is 0 Å². The van der Waals surface area contributed by atoms with E-state index in [9.17, 15) is 18.0 Å². The molecule has 2 atom stereocenters. The molecular formula is C11H20N2O5S. The first-order chi connectivity index (χ1) is 8.62. The van der Waals surface area contributed by atoms with Crippen molar-refractivity contribution in [2.75, 3.05) is 7.11 Å². The van der Waals surface area contributed by atoms with Crippen molar-refractivity contribution in [3.05, 3.63) is 0 Å². The molecule has 1 saturated carbocycles. The molecule has 0 aliphatic heterocycles. The molecule has 0 radical (unpaired) electrons. The summed E-state index contributed by atoms with van der Waals surface area (Å²) in [5.41, 5.74) is 3.75. The Morgan fingerprint density at radius 3 is 2.37 bits per heavy atom. The average Bonchev–Trinajstić information content (AvgIpc) is 2.75. The average molecular weight is 292 g/mol. The molecule has 0 aromatic rings. The van der Waals surface area contributed by atoms with Gasteiger partial charge in [-0.1, -0.05) is 6.42 Å². The summed E-state index contributed by atoms with van der Waals surface area (Å²) in [7, 11) is -2.59. The van der Waals surface area contributed by atoms with Gasteiger partial charge in [-0.05, 0) is 26.7 Å². The predicted octanol–water partition coefficient (Wildman–Crippen LogP) is -0.489. The van der Waals surface area contributed by atoms with Crippen molar-refractivity contribution in [3.63, 3.8) is 0 Å². The molecule has 7 nitrogen and oxygen atoms in total. The normalized spacial score (nSPS) is 24.2. The van der Waals surface area contributed by atoms with Gasteiger partial charge in [0, 0.05) is 0 Å². The SMILES string of the molecule is COC(=O)C1CCCC1S(=O)(=O)NC(C)(C)C(N)=O. The van der Waals surface area contributed by atoms with Crippen molar-refractivity contribution in [1.82, 2.24) is 4.72 Å². The number of hydrogen-bond donors (Lipinski definition) is 2. The molecule has 3 N–H and O–H groups in total. The van der Waals surface area contributed by atoms with Gasteiger partial charge in [-0.15, -0.1) is 0 Å². The first-order valence-electron chi connectivity index (χ1n) is 6.02. The minimum atomic E-state index is -3.82. The van der Waals surface area contributed by atoms with Gasteiger partial charge in [0.2, 0.25) is 15.9 Å². The molecule has 19 heavy (non-hydrogen) atoms. The lowest BCUT2D eigenvalue weighted by Gasteiger charge is -2.26. The van der Waals surface area contributed by atoms with Crippen molar-refractivity contribution >= 4 is 21.9 Å². The van der Waals surface area contributed by atoms with E-state index < -0.39 is 38.6 Å². The molecule has 1 amide bonds. The second kappa shape index (κ2) is 5.46. The fourth-order valence-electron chi connectivity index (χ4n) is 2.20. The van der Waals surface area contributed by atoms with E-state index in [1.165, 1.54) is 21.0 Å². The minimum absolute atomic E-state index is 0.365. The van der Waals surface area contributed by atoms with Crippen LogP contribution in [0.4, 0.5) is 0 Å². The van der Waals surface area contributed by atoms with Crippen LogP contribution in [0.3, 0.4) is 0 Å². The highest BCUT2D eigenvalue weighted by molar-refractivity contribution is 7.90. The molecule has 8 heteroatoms. The summed E-state index contributed by atoms with van der Waals surface area (Å²) in [5.74, 6) is -2.00. The third kappa shape index (κ3) is 3.44. The number of nitrogens with two attached hydrogens (primary N) is 1. The lowest BCUT2D eigenvalue weighted by atomic mass is 10.1. The Bertz CT molecular complexity index is 471. The van der Waals surface area contributed by atoms with Gasteiger partial charge >= 0.3 is 5.97 Å². The zero-order valence-corrected chi connectivity index (χ0v) is 12.1. The highest BCUT2D eigenvalue weighted by atomic mass is 32.2. The molecule has 1 aliphatic rings. The Labute approximate surface area is 112 Å². The van der Waals surface area contributed by atoms with E-state index >= 15 is 0 Å². The van der Waals surface area contributed by atoms with Crippen molar-refractivity contribution < 1.29 is 22.7 Å². The summed E-state index contributed by atoms with van der Waals surface area (Å²) >= 11 is 0. The fraction of sp³-hybridized carbons (Fsp3) is 0.818. The monoisotopic (exact) mass is 292 g/mol. The van der Waals surface area contributed by atoms with Gasteiger partial charge in [0.1, 0.15) is 5.54 Å². The summed E-state index contributed by atoms with van der Waals surface area (Å²) < 4.78 is 31.4. The number of carbonyl (C=O) groups is 2. The van der Waals surface area contributed by atoms with Gasteiger partial charge in [-0.25, -0.2) is 8.42 Å². The Kier molecular flexibility index (Phi) is 4.57. The third-order valence-electron chi connectivity index (χ3n) is 3.37. The van der Waals surface area contributed by atoms with E-state index in [0.29, 0.717) is 19.3 Å². The number of hydrogen-bond acceptors (Lipinski definition) is 5.